The zero-order chi connectivity index (χ0) is 45.4. The third-order valence-electron chi connectivity index (χ3n) is 12.2. The summed E-state index contributed by atoms with van der Waals surface area (Å²) in [5, 5.41) is 6.96. The minimum absolute atomic E-state index is 0.0444. The number of carbonyl (C=O) groups excluding carboxylic acids is 3. The molecule has 0 unspecified atom stereocenters. The van der Waals surface area contributed by atoms with E-state index in [0.29, 0.717) is 73.7 Å². The lowest BCUT2D eigenvalue weighted by Gasteiger charge is -2.33. The average molecular weight is 858 g/mol. The van der Waals surface area contributed by atoms with Crippen LogP contribution in [-0.2, 0) is 10.2 Å². The maximum atomic E-state index is 14.8. The lowest BCUT2D eigenvalue weighted by molar-refractivity contribution is -0.116. The molecular formula is C56H63N3O5. The Bertz CT molecular complexity index is 2690. The number of carbonyl (C=O) groups is 3. The number of ether oxygens (including phenoxy) is 1. The molecule has 0 spiro atoms. The second-order valence-electron chi connectivity index (χ2n) is 19.3. The molecule has 3 N–H and O–H groups in total. The van der Waals surface area contributed by atoms with E-state index in [9.17, 15) is 19.2 Å². The predicted octanol–water partition coefficient (Wildman–Crippen LogP) is 14.5. The fraction of sp³-hybridized carbons (Fsp3) is 0.357. The number of H-pyrrole nitrogens is 1. The van der Waals surface area contributed by atoms with Gasteiger partial charge in [0.25, 0.3) is 5.56 Å². The van der Waals surface area contributed by atoms with Crippen LogP contribution in [0.2, 0.25) is 0 Å². The second kappa shape index (κ2) is 20.0. The smallest absolute Gasteiger partial charge is 0.260 e. The first-order valence-corrected chi connectivity index (χ1v) is 23.2. The molecule has 0 aliphatic heterocycles. The first-order valence-electron chi connectivity index (χ1n) is 23.2. The highest BCUT2D eigenvalue weighted by molar-refractivity contribution is 6.31. The molecule has 1 heterocycles. The van der Waals surface area contributed by atoms with Crippen molar-refractivity contribution in [2.45, 2.75) is 124 Å². The molecule has 0 fully saturated rings. The third kappa shape index (κ3) is 10.7. The maximum Gasteiger partial charge on any atom is 0.260 e. The summed E-state index contributed by atoms with van der Waals surface area (Å²) in [6.07, 6.45) is 13.4. The minimum Gasteiger partial charge on any atom is -0.455 e. The first-order chi connectivity index (χ1) is 30.7. The molecule has 332 valence electrons. The number of anilines is 3. The van der Waals surface area contributed by atoms with Gasteiger partial charge in [-0.25, -0.2) is 0 Å². The quantitative estimate of drug-likeness (QED) is 0.0519. The van der Waals surface area contributed by atoms with Crippen LogP contribution in [0.1, 0.15) is 156 Å². The van der Waals surface area contributed by atoms with E-state index in [-0.39, 0.29) is 28.1 Å². The van der Waals surface area contributed by atoms with Gasteiger partial charge in [0.15, 0.2) is 17.3 Å². The number of hydrogen-bond acceptors (Lipinski definition) is 6. The van der Waals surface area contributed by atoms with Crippen LogP contribution in [0.3, 0.4) is 0 Å². The number of aromatic nitrogens is 1. The van der Waals surface area contributed by atoms with E-state index in [2.05, 4.69) is 69.3 Å². The lowest BCUT2D eigenvalue weighted by atomic mass is 9.72. The van der Waals surface area contributed by atoms with Crippen molar-refractivity contribution in [1.82, 2.24) is 4.98 Å². The Morgan fingerprint density at radius 3 is 1.95 bits per heavy atom. The van der Waals surface area contributed by atoms with E-state index >= 15 is 0 Å². The molecule has 64 heavy (non-hydrogen) atoms. The van der Waals surface area contributed by atoms with Gasteiger partial charge in [-0.05, 0) is 65.1 Å². The van der Waals surface area contributed by atoms with E-state index in [1.807, 2.05) is 42.5 Å². The largest absolute Gasteiger partial charge is 0.455 e. The highest BCUT2D eigenvalue weighted by Crippen LogP contribution is 2.47. The van der Waals surface area contributed by atoms with Crippen LogP contribution in [0.4, 0.5) is 17.1 Å². The summed E-state index contributed by atoms with van der Waals surface area (Å²) in [5.74, 6) is 0.0753. The van der Waals surface area contributed by atoms with E-state index in [1.165, 1.54) is 50.5 Å². The summed E-state index contributed by atoms with van der Waals surface area (Å²) in [6, 6.07) is 32.9. The molecule has 0 atom stereocenters. The third-order valence-corrected chi connectivity index (χ3v) is 12.2. The summed E-state index contributed by atoms with van der Waals surface area (Å²) in [4.78, 5) is 59.6. The number of nitrogens with one attached hydrogen (secondary N) is 3. The van der Waals surface area contributed by atoms with Gasteiger partial charge in [0.1, 0.15) is 5.75 Å². The van der Waals surface area contributed by atoms with E-state index < -0.39 is 11.3 Å². The van der Waals surface area contributed by atoms with Gasteiger partial charge in [-0.15, -0.1) is 0 Å². The Hall–Kier alpha value is -6.28. The molecule has 8 nitrogen and oxygen atoms in total. The molecule has 5 aromatic carbocycles. The second-order valence-corrected chi connectivity index (χ2v) is 19.3. The number of unbranched alkanes of at least 4 members (excludes halogenated alkanes) is 9. The SMILES string of the molecule is CCCCCCCCCCCCC(=O)Nc1cccc(Nc2cc(Oc3ccc(C(C)(C)CC(C)(C)C)cc3)c3[nH]c(=O)c(C(=O)c4ccccc4)c4c3c2C(=O)c2ccccc2-4)c1. The van der Waals surface area contributed by atoms with Gasteiger partial charge in [-0.1, -0.05) is 172 Å². The van der Waals surface area contributed by atoms with Crippen LogP contribution in [0.25, 0.3) is 22.0 Å². The average Bonchev–Trinajstić information content (AvgIpc) is 3.26. The summed E-state index contributed by atoms with van der Waals surface area (Å²) >= 11 is 0. The summed E-state index contributed by atoms with van der Waals surface area (Å²) in [5.41, 5.74) is 4.45. The number of aromatic amines is 1. The number of fused-ring (bicyclic) bond motifs is 2. The predicted molar refractivity (Wildman–Crippen MR) is 262 cm³/mol. The molecule has 0 bridgehead atoms. The van der Waals surface area contributed by atoms with Crippen LogP contribution in [-0.4, -0.2) is 22.5 Å². The Kier molecular flexibility index (Phi) is 14.3. The van der Waals surface area contributed by atoms with Crippen molar-refractivity contribution in [3.05, 3.63) is 147 Å². The highest BCUT2D eigenvalue weighted by atomic mass is 16.5. The van der Waals surface area contributed by atoms with E-state index in [1.54, 1.807) is 54.6 Å². The summed E-state index contributed by atoms with van der Waals surface area (Å²) < 4.78 is 6.68. The number of hydrogen-bond donors (Lipinski definition) is 3. The van der Waals surface area contributed by atoms with Crippen molar-refractivity contribution in [1.29, 1.82) is 0 Å². The van der Waals surface area contributed by atoms with Crippen molar-refractivity contribution >= 4 is 45.4 Å². The van der Waals surface area contributed by atoms with Crippen LogP contribution < -0.4 is 20.9 Å². The van der Waals surface area contributed by atoms with Gasteiger partial charge in [-0.2, -0.15) is 0 Å². The van der Waals surface area contributed by atoms with Gasteiger partial charge >= 0.3 is 0 Å². The molecule has 0 saturated heterocycles. The van der Waals surface area contributed by atoms with Gasteiger partial charge < -0.3 is 20.4 Å². The zero-order valence-corrected chi connectivity index (χ0v) is 38.4. The summed E-state index contributed by atoms with van der Waals surface area (Å²) in [6.45, 7) is 13.4. The first kappa shape index (κ1) is 45.7. The maximum absolute atomic E-state index is 14.8. The van der Waals surface area contributed by atoms with Crippen LogP contribution in [0, 0.1) is 5.41 Å². The molecule has 1 aromatic heterocycles. The van der Waals surface area contributed by atoms with Gasteiger partial charge in [0, 0.05) is 45.9 Å². The molecule has 0 radical (unpaired) electrons. The Morgan fingerprint density at radius 2 is 1.28 bits per heavy atom. The number of ketones is 2. The van der Waals surface area contributed by atoms with Gasteiger partial charge in [0.05, 0.1) is 22.3 Å². The van der Waals surface area contributed by atoms with Crippen molar-refractivity contribution in [2.24, 2.45) is 5.41 Å². The van der Waals surface area contributed by atoms with Crippen LogP contribution in [0.5, 0.6) is 11.5 Å². The zero-order valence-electron chi connectivity index (χ0n) is 38.4. The van der Waals surface area contributed by atoms with Crippen LogP contribution >= 0.6 is 0 Å². The highest BCUT2D eigenvalue weighted by Gasteiger charge is 2.35. The Balaban J connectivity index is 1.24. The Labute approximate surface area is 378 Å². The molecule has 1 aliphatic carbocycles. The van der Waals surface area contributed by atoms with Gasteiger partial charge in [-0.3, -0.25) is 19.2 Å². The number of rotatable bonds is 20. The minimum atomic E-state index is -0.586. The fourth-order valence-corrected chi connectivity index (χ4v) is 9.47. The monoisotopic (exact) mass is 857 g/mol. The van der Waals surface area contributed by atoms with E-state index in [4.69, 9.17) is 4.74 Å². The topological polar surface area (TPSA) is 117 Å². The van der Waals surface area contributed by atoms with Crippen molar-refractivity contribution in [3.63, 3.8) is 0 Å². The van der Waals surface area contributed by atoms with Crippen LogP contribution in [0.15, 0.2) is 114 Å². The molecule has 7 rings (SSSR count). The molecule has 6 aromatic rings. The van der Waals surface area contributed by atoms with Crippen molar-refractivity contribution in [2.75, 3.05) is 10.6 Å². The van der Waals surface area contributed by atoms with E-state index in [0.717, 1.165) is 25.7 Å². The Morgan fingerprint density at radius 1 is 0.656 bits per heavy atom. The normalized spacial score (nSPS) is 12.2. The lowest BCUT2D eigenvalue weighted by Crippen LogP contribution is -2.24. The number of amides is 1. The van der Waals surface area contributed by atoms with Crippen molar-refractivity contribution < 1.29 is 19.1 Å². The molecule has 1 amide bonds. The molecule has 0 saturated carbocycles. The standard InChI is InChI=1S/C56H63N3O5/c1-7-8-9-10-11-12-13-14-15-19-29-46(60)58-40-26-22-25-39(34-40)57-44-35-45(64-41-32-30-38(31-33-41)56(5,6)36-55(2,3)4)51-49-47(42-27-20-21-28-43(42)53(62)48(44)49)50(54(63)59-51)52(61)37-23-17-16-18-24-37/h16-18,20-28,30-35,57H,7-15,19,29,36H2,1-6H3,(H,58,60)(H,59,63). The fourth-order valence-electron chi connectivity index (χ4n) is 9.47. The van der Waals surface area contributed by atoms with Crippen molar-refractivity contribution in [3.8, 4) is 22.6 Å². The molecule has 8 heteroatoms. The summed E-state index contributed by atoms with van der Waals surface area (Å²) in [7, 11) is 0. The number of pyridine rings is 1. The molecule has 1 aliphatic rings. The van der Waals surface area contributed by atoms with Gasteiger partial charge in [0.2, 0.25) is 5.91 Å². The molecular weight excluding hydrogens is 795 g/mol. The number of benzene rings is 5.